The number of nitrogens with one attached hydrogen (secondary N) is 1. The van der Waals surface area contributed by atoms with Crippen molar-refractivity contribution in [2.75, 3.05) is 27.3 Å². The van der Waals surface area contributed by atoms with E-state index in [9.17, 15) is 4.79 Å². The van der Waals surface area contributed by atoms with Crippen molar-refractivity contribution >= 4 is 12.3 Å². The zero-order chi connectivity index (χ0) is 19.7. The van der Waals surface area contributed by atoms with E-state index in [-0.39, 0.29) is 30.3 Å². The van der Waals surface area contributed by atoms with Crippen LogP contribution in [-0.4, -0.2) is 71.6 Å². The van der Waals surface area contributed by atoms with E-state index in [0.29, 0.717) is 19.1 Å². The van der Waals surface area contributed by atoms with Gasteiger partial charge in [0.2, 0.25) is 0 Å². The summed E-state index contributed by atoms with van der Waals surface area (Å²) >= 11 is 0. The Balaban J connectivity index is 1.49. The van der Waals surface area contributed by atoms with E-state index < -0.39 is 0 Å². The van der Waals surface area contributed by atoms with Gasteiger partial charge in [0.1, 0.15) is 18.1 Å². The minimum atomic E-state index is -0.295. The first-order valence-corrected chi connectivity index (χ1v) is 9.93. The Morgan fingerprint density at radius 1 is 1.39 bits per heavy atom. The van der Waals surface area contributed by atoms with Crippen molar-refractivity contribution in [2.24, 2.45) is 10.9 Å². The molecule has 0 saturated heterocycles. The van der Waals surface area contributed by atoms with Crippen LogP contribution in [0.4, 0.5) is 4.79 Å². The highest BCUT2D eigenvalue weighted by Gasteiger charge is 2.42. The molecule has 1 aromatic heterocycles. The Morgan fingerprint density at radius 2 is 2.25 bits per heavy atom. The van der Waals surface area contributed by atoms with Gasteiger partial charge in [0, 0.05) is 26.6 Å². The van der Waals surface area contributed by atoms with E-state index in [1.165, 1.54) is 0 Å². The van der Waals surface area contributed by atoms with E-state index in [4.69, 9.17) is 9.47 Å². The van der Waals surface area contributed by atoms with E-state index in [2.05, 4.69) is 38.1 Å². The number of aliphatic imine (C=N–C) groups is 1. The number of hydrogen-bond acceptors (Lipinski definition) is 7. The van der Waals surface area contributed by atoms with E-state index >= 15 is 0 Å². The maximum absolute atomic E-state index is 12.4. The third-order valence-corrected chi connectivity index (χ3v) is 6.00. The van der Waals surface area contributed by atoms with Gasteiger partial charge in [0.15, 0.2) is 5.82 Å². The molecule has 5 atom stereocenters. The summed E-state index contributed by atoms with van der Waals surface area (Å²) in [6, 6.07) is 0.101. The maximum Gasteiger partial charge on any atom is 0.409 e. The van der Waals surface area contributed by atoms with Gasteiger partial charge in [-0.05, 0) is 31.0 Å². The van der Waals surface area contributed by atoms with Gasteiger partial charge in [-0.2, -0.15) is 0 Å². The normalized spacial score (nSPS) is 30.0. The average Bonchev–Trinajstić information content (AvgIpc) is 3.41. The van der Waals surface area contributed by atoms with Crippen molar-refractivity contribution < 1.29 is 14.3 Å². The highest BCUT2D eigenvalue weighted by molar-refractivity contribution is 5.76. The maximum atomic E-state index is 12.4. The van der Waals surface area contributed by atoms with Crippen LogP contribution in [0.15, 0.2) is 17.3 Å². The molecule has 1 amide bonds. The fourth-order valence-electron chi connectivity index (χ4n) is 4.41. The van der Waals surface area contributed by atoms with Crippen LogP contribution in [0, 0.1) is 5.92 Å². The molecule has 0 radical (unpaired) electrons. The van der Waals surface area contributed by atoms with Crippen LogP contribution >= 0.6 is 0 Å². The molecule has 0 bridgehead atoms. The molecule has 1 aromatic rings. The third-order valence-electron chi connectivity index (χ3n) is 6.00. The van der Waals surface area contributed by atoms with Crippen LogP contribution in [-0.2, 0) is 9.47 Å². The fraction of sp³-hybridized carbons (Fsp3) is 0.684. The van der Waals surface area contributed by atoms with Crippen molar-refractivity contribution in [3.63, 3.8) is 0 Å². The first-order valence-electron chi connectivity index (χ1n) is 9.93. The Bertz CT molecular complexity index is 776. The number of carbonyl (C=O) groups excluding carboxylic acids is 1. The van der Waals surface area contributed by atoms with Crippen LogP contribution in [0.5, 0.6) is 0 Å². The van der Waals surface area contributed by atoms with E-state index in [1.54, 1.807) is 25.3 Å². The van der Waals surface area contributed by atoms with Crippen molar-refractivity contribution in [3.8, 4) is 0 Å². The predicted molar refractivity (Wildman–Crippen MR) is 103 cm³/mol. The number of rotatable bonds is 6. The molecule has 1 N–H and O–H groups in total. The second kappa shape index (κ2) is 7.90. The SMILES string of the molecule is CC[C@@H]1C[C@H](OC(=O)N(C)CCOC)C[C@@H]1c1nnc2n1C1C=CNC1N=C2. The Hall–Kier alpha value is -2.42. The number of carbonyl (C=O) groups is 1. The number of amides is 1. The highest BCUT2D eigenvalue weighted by atomic mass is 16.6. The standard InChI is InChI=1S/C19H28N6O3/c1-4-12-9-13(28-19(26)24(2)7-8-27-3)10-14(12)18-23-22-16-11-21-17-15(25(16)18)5-6-20-17/h5-6,11-15,17,20H,4,7-10H2,1-3H3/t12-,13+,14+,15?,17?/m1/s1. The summed E-state index contributed by atoms with van der Waals surface area (Å²) in [5.74, 6) is 2.39. The number of methoxy groups -OCH3 is 1. The Morgan fingerprint density at radius 3 is 3.04 bits per heavy atom. The molecule has 9 heteroatoms. The van der Waals surface area contributed by atoms with E-state index in [1.807, 2.05) is 6.20 Å². The predicted octanol–water partition coefficient (Wildman–Crippen LogP) is 1.68. The number of fused-ring (bicyclic) bond motifs is 3. The molecule has 0 aromatic carbocycles. The van der Waals surface area contributed by atoms with Crippen LogP contribution < -0.4 is 5.32 Å². The molecule has 3 heterocycles. The number of nitrogens with zero attached hydrogens (tertiary/aromatic N) is 5. The lowest BCUT2D eigenvalue weighted by atomic mass is 9.92. The van der Waals surface area contributed by atoms with Crippen molar-refractivity contribution in [1.29, 1.82) is 0 Å². The average molecular weight is 388 g/mol. The zero-order valence-corrected chi connectivity index (χ0v) is 16.6. The molecule has 3 aliphatic rings. The van der Waals surface area contributed by atoms with Crippen molar-refractivity contribution in [3.05, 3.63) is 23.9 Å². The van der Waals surface area contributed by atoms with E-state index in [0.717, 1.165) is 30.9 Å². The van der Waals surface area contributed by atoms with Gasteiger partial charge in [-0.3, -0.25) is 9.56 Å². The van der Waals surface area contributed by atoms with Gasteiger partial charge in [0.25, 0.3) is 0 Å². The summed E-state index contributed by atoms with van der Waals surface area (Å²) in [5, 5.41) is 12.1. The Kier molecular flexibility index (Phi) is 5.34. The molecule has 0 spiro atoms. The van der Waals surface area contributed by atoms with Gasteiger partial charge in [0.05, 0.1) is 18.9 Å². The van der Waals surface area contributed by atoms with Crippen molar-refractivity contribution in [1.82, 2.24) is 25.0 Å². The first kappa shape index (κ1) is 18.9. The fourth-order valence-corrected chi connectivity index (χ4v) is 4.41. The number of hydrogen-bond donors (Lipinski definition) is 1. The highest BCUT2D eigenvalue weighted by Crippen LogP contribution is 2.43. The molecular weight excluding hydrogens is 360 g/mol. The topological polar surface area (TPSA) is 93.9 Å². The summed E-state index contributed by atoms with van der Waals surface area (Å²) in [4.78, 5) is 18.4. The largest absolute Gasteiger partial charge is 0.446 e. The van der Waals surface area contributed by atoms with Gasteiger partial charge in [-0.15, -0.1) is 10.2 Å². The number of aromatic nitrogens is 3. The molecule has 152 valence electrons. The molecule has 1 aliphatic carbocycles. The van der Waals surface area contributed by atoms with Crippen LogP contribution in [0.2, 0.25) is 0 Å². The van der Waals surface area contributed by atoms with Crippen LogP contribution in [0.25, 0.3) is 0 Å². The summed E-state index contributed by atoms with van der Waals surface area (Å²) in [7, 11) is 3.36. The smallest absolute Gasteiger partial charge is 0.409 e. The molecule has 2 aliphatic heterocycles. The summed E-state index contributed by atoms with van der Waals surface area (Å²) in [6.45, 7) is 3.19. The third kappa shape index (κ3) is 3.39. The lowest BCUT2D eigenvalue weighted by Crippen LogP contribution is -2.33. The zero-order valence-electron chi connectivity index (χ0n) is 16.6. The quantitative estimate of drug-likeness (QED) is 0.797. The molecule has 9 nitrogen and oxygen atoms in total. The number of ether oxygens (including phenoxy) is 2. The molecule has 1 saturated carbocycles. The minimum absolute atomic E-state index is 0.00629. The van der Waals surface area contributed by atoms with Gasteiger partial charge < -0.3 is 19.7 Å². The lowest BCUT2D eigenvalue weighted by Gasteiger charge is -2.26. The lowest BCUT2D eigenvalue weighted by molar-refractivity contribution is 0.0622. The summed E-state index contributed by atoms with van der Waals surface area (Å²) in [5.41, 5.74) is 0. The first-order chi connectivity index (χ1) is 13.6. The number of likely N-dealkylation sites (N-methyl/N-ethyl adjacent to an activating group) is 1. The molecule has 2 unspecified atom stereocenters. The minimum Gasteiger partial charge on any atom is -0.446 e. The van der Waals surface area contributed by atoms with Crippen LogP contribution in [0.1, 0.15) is 49.8 Å². The van der Waals surface area contributed by atoms with Gasteiger partial charge in [-0.1, -0.05) is 13.3 Å². The van der Waals surface area contributed by atoms with Crippen LogP contribution in [0.3, 0.4) is 0 Å². The van der Waals surface area contributed by atoms with Crippen molar-refractivity contribution in [2.45, 2.75) is 50.4 Å². The Labute approximate surface area is 164 Å². The molecule has 4 rings (SSSR count). The summed E-state index contributed by atoms with van der Waals surface area (Å²) < 4.78 is 13.0. The summed E-state index contributed by atoms with van der Waals surface area (Å²) in [6.07, 6.45) is 8.07. The van der Waals surface area contributed by atoms with Gasteiger partial charge >= 0.3 is 6.09 Å². The second-order valence-corrected chi connectivity index (χ2v) is 7.69. The monoisotopic (exact) mass is 388 g/mol. The van der Waals surface area contributed by atoms with Gasteiger partial charge in [-0.25, -0.2) is 4.79 Å². The molecular formula is C19H28N6O3. The molecule has 1 fully saturated rings. The molecule has 28 heavy (non-hydrogen) atoms. The second-order valence-electron chi connectivity index (χ2n) is 7.69.